The molecule has 0 aliphatic carbocycles. The Kier molecular flexibility index (Phi) is 4.47. The second-order valence-corrected chi connectivity index (χ2v) is 4.74. The molecule has 0 heterocycles. The fourth-order valence-corrected chi connectivity index (χ4v) is 1.74. The number of benzene rings is 1. The van der Waals surface area contributed by atoms with Gasteiger partial charge < -0.3 is 15.6 Å². The Morgan fingerprint density at radius 2 is 1.58 bits per heavy atom. The van der Waals surface area contributed by atoms with E-state index in [4.69, 9.17) is 10.5 Å². The molecule has 0 spiro atoms. The third-order valence-corrected chi connectivity index (χ3v) is 2.76. The Hall–Kier alpha value is -1.27. The highest BCUT2D eigenvalue weighted by molar-refractivity contribution is 5.33. The number of alkyl halides is 3. The Balaban J connectivity index is 3.13. The molecule has 0 aromatic heterocycles. The third-order valence-electron chi connectivity index (χ3n) is 2.76. The van der Waals surface area contributed by atoms with Crippen molar-refractivity contribution in [2.45, 2.75) is 44.7 Å². The molecule has 1 aromatic rings. The van der Waals surface area contributed by atoms with E-state index in [1.54, 1.807) is 0 Å². The summed E-state index contributed by atoms with van der Waals surface area (Å²) in [5, 5.41) is 9.88. The van der Waals surface area contributed by atoms with Crippen LogP contribution in [0.4, 0.5) is 13.2 Å². The van der Waals surface area contributed by atoms with E-state index in [2.05, 4.69) is 0 Å². The standard InChI is InChI=1S/C13H18F3NO2/c1-8(2)19-11-6-4-10(5-7-11)12(18,9(3)17)13(14,15)16/h4-9,18H,17H2,1-3H3. The van der Waals surface area contributed by atoms with Crippen LogP contribution in [0, 0.1) is 0 Å². The van der Waals surface area contributed by atoms with E-state index in [1.807, 2.05) is 13.8 Å². The van der Waals surface area contributed by atoms with E-state index >= 15 is 0 Å². The maximum Gasteiger partial charge on any atom is 0.422 e. The van der Waals surface area contributed by atoms with Crippen LogP contribution in [0.15, 0.2) is 24.3 Å². The summed E-state index contributed by atoms with van der Waals surface area (Å²) in [5.74, 6) is 0.438. The average Bonchev–Trinajstić information content (AvgIpc) is 2.26. The van der Waals surface area contributed by atoms with Crippen LogP contribution in [0.2, 0.25) is 0 Å². The monoisotopic (exact) mass is 277 g/mol. The summed E-state index contributed by atoms with van der Waals surface area (Å²) < 4.78 is 44.3. The number of rotatable bonds is 4. The lowest BCUT2D eigenvalue weighted by Gasteiger charge is -2.34. The van der Waals surface area contributed by atoms with Crippen molar-refractivity contribution in [2.24, 2.45) is 5.73 Å². The maximum absolute atomic E-state index is 13.0. The first-order chi connectivity index (χ1) is 8.59. The molecule has 0 bridgehead atoms. The molecule has 6 heteroatoms. The van der Waals surface area contributed by atoms with Crippen molar-refractivity contribution < 1.29 is 23.0 Å². The number of hydrogen-bond donors (Lipinski definition) is 2. The average molecular weight is 277 g/mol. The zero-order chi connectivity index (χ0) is 14.8. The molecule has 3 nitrogen and oxygen atoms in total. The van der Waals surface area contributed by atoms with Gasteiger partial charge in [-0.2, -0.15) is 13.2 Å². The van der Waals surface area contributed by atoms with Crippen LogP contribution < -0.4 is 10.5 Å². The summed E-state index contributed by atoms with van der Waals surface area (Å²) in [6.07, 6.45) is -4.93. The van der Waals surface area contributed by atoms with E-state index in [0.29, 0.717) is 5.75 Å². The van der Waals surface area contributed by atoms with Crippen molar-refractivity contribution in [1.82, 2.24) is 0 Å². The van der Waals surface area contributed by atoms with Crippen LogP contribution in [-0.4, -0.2) is 23.4 Å². The minimum atomic E-state index is -4.85. The van der Waals surface area contributed by atoms with E-state index < -0.39 is 17.8 Å². The fourth-order valence-electron chi connectivity index (χ4n) is 1.74. The highest BCUT2D eigenvalue weighted by Crippen LogP contribution is 2.41. The van der Waals surface area contributed by atoms with E-state index in [-0.39, 0.29) is 11.7 Å². The smallest absolute Gasteiger partial charge is 0.422 e. The first-order valence-corrected chi connectivity index (χ1v) is 5.91. The van der Waals surface area contributed by atoms with Gasteiger partial charge in [0.05, 0.1) is 6.10 Å². The third kappa shape index (κ3) is 3.19. The van der Waals surface area contributed by atoms with Crippen LogP contribution in [-0.2, 0) is 5.60 Å². The molecule has 0 radical (unpaired) electrons. The van der Waals surface area contributed by atoms with Gasteiger partial charge in [0.1, 0.15) is 5.75 Å². The molecule has 0 amide bonds. The lowest BCUT2D eigenvalue weighted by Crippen LogP contribution is -2.54. The van der Waals surface area contributed by atoms with Gasteiger partial charge in [0.25, 0.3) is 0 Å². The van der Waals surface area contributed by atoms with Gasteiger partial charge >= 0.3 is 6.18 Å². The molecule has 1 aromatic carbocycles. The Labute approximate surface area is 110 Å². The quantitative estimate of drug-likeness (QED) is 0.889. The van der Waals surface area contributed by atoms with Gasteiger partial charge in [0.15, 0.2) is 0 Å². The Morgan fingerprint density at radius 3 is 1.89 bits per heavy atom. The van der Waals surface area contributed by atoms with E-state index in [0.717, 1.165) is 6.92 Å². The number of ether oxygens (including phenoxy) is 1. The van der Waals surface area contributed by atoms with Gasteiger partial charge in [0, 0.05) is 6.04 Å². The minimum Gasteiger partial charge on any atom is -0.491 e. The van der Waals surface area contributed by atoms with Crippen molar-refractivity contribution >= 4 is 0 Å². The van der Waals surface area contributed by atoms with Crippen molar-refractivity contribution in [3.05, 3.63) is 29.8 Å². The number of hydrogen-bond acceptors (Lipinski definition) is 3. The summed E-state index contributed by atoms with van der Waals surface area (Å²) in [6, 6.07) is 3.63. The van der Waals surface area contributed by atoms with Crippen LogP contribution in [0.25, 0.3) is 0 Å². The van der Waals surface area contributed by atoms with Gasteiger partial charge in [-0.1, -0.05) is 12.1 Å². The Morgan fingerprint density at radius 1 is 1.11 bits per heavy atom. The lowest BCUT2D eigenvalue weighted by atomic mass is 9.87. The first kappa shape index (κ1) is 15.8. The van der Waals surface area contributed by atoms with Gasteiger partial charge in [-0.3, -0.25) is 0 Å². The van der Waals surface area contributed by atoms with Crippen LogP contribution >= 0.6 is 0 Å². The summed E-state index contributed by atoms with van der Waals surface area (Å²) >= 11 is 0. The molecule has 3 N–H and O–H groups in total. The normalized spacial score (nSPS) is 17.1. The predicted octanol–water partition coefficient (Wildman–Crippen LogP) is 2.57. The number of halogens is 3. The molecule has 0 saturated heterocycles. The fraction of sp³-hybridized carbons (Fsp3) is 0.538. The second kappa shape index (κ2) is 5.38. The maximum atomic E-state index is 13.0. The number of nitrogens with two attached hydrogens (primary N) is 1. The van der Waals surface area contributed by atoms with Crippen LogP contribution in [0.3, 0.4) is 0 Å². The molecular formula is C13H18F3NO2. The number of aliphatic hydroxyl groups is 1. The molecule has 19 heavy (non-hydrogen) atoms. The molecule has 2 atom stereocenters. The molecule has 0 aliphatic rings. The SMILES string of the molecule is CC(C)Oc1ccc(C(O)(C(C)N)C(F)(F)F)cc1. The summed E-state index contributed by atoms with van der Waals surface area (Å²) in [4.78, 5) is 0. The first-order valence-electron chi connectivity index (χ1n) is 5.91. The molecular weight excluding hydrogens is 259 g/mol. The van der Waals surface area contributed by atoms with Gasteiger partial charge in [-0.15, -0.1) is 0 Å². The molecule has 0 fully saturated rings. The van der Waals surface area contributed by atoms with Gasteiger partial charge in [0.2, 0.25) is 5.60 Å². The minimum absolute atomic E-state index is 0.0826. The summed E-state index contributed by atoms with van der Waals surface area (Å²) in [6.45, 7) is 4.73. The van der Waals surface area contributed by atoms with Crippen LogP contribution in [0.5, 0.6) is 5.75 Å². The van der Waals surface area contributed by atoms with E-state index in [9.17, 15) is 18.3 Å². The zero-order valence-electron chi connectivity index (χ0n) is 11.0. The van der Waals surface area contributed by atoms with Crippen molar-refractivity contribution in [3.63, 3.8) is 0 Å². The lowest BCUT2D eigenvalue weighted by molar-refractivity contribution is -0.272. The van der Waals surface area contributed by atoms with Gasteiger partial charge in [-0.25, -0.2) is 0 Å². The predicted molar refractivity (Wildman–Crippen MR) is 65.8 cm³/mol. The summed E-state index contributed by atoms with van der Waals surface area (Å²) in [7, 11) is 0. The highest BCUT2D eigenvalue weighted by Gasteiger charge is 2.57. The molecule has 108 valence electrons. The van der Waals surface area contributed by atoms with Crippen molar-refractivity contribution in [3.8, 4) is 5.75 Å². The largest absolute Gasteiger partial charge is 0.491 e. The van der Waals surface area contributed by atoms with E-state index in [1.165, 1.54) is 24.3 Å². The van der Waals surface area contributed by atoms with Crippen molar-refractivity contribution in [1.29, 1.82) is 0 Å². The molecule has 1 rings (SSSR count). The molecule has 0 aliphatic heterocycles. The van der Waals surface area contributed by atoms with Crippen LogP contribution in [0.1, 0.15) is 26.3 Å². The molecule has 2 unspecified atom stereocenters. The Bertz CT molecular complexity index is 415. The zero-order valence-corrected chi connectivity index (χ0v) is 11.0. The van der Waals surface area contributed by atoms with Gasteiger partial charge in [-0.05, 0) is 38.5 Å². The summed E-state index contributed by atoms with van der Waals surface area (Å²) in [5.41, 5.74) is 1.94. The van der Waals surface area contributed by atoms with Crippen molar-refractivity contribution in [2.75, 3.05) is 0 Å². The second-order valence-electron chi connectivity index (χ2n) is 4.74. The topological polar surface area (TPSA) is 55.5 Å². The molecule has 0 saturated carbocycles. The highest BCUT2D eigenvalue weighted by atomic mass is 19.4.